The van der Waals surface area contributed by atoms with Crippen molar-refractivity contribution in [3.63, 3.8) is 0 Å². The smallest absolute Gasteiger partial charge is 0.354 e. The molecule has 2 aromatic heterocycles. The molecular formula is C22H21F3N2O2. The number of aromatic nitrogens is 2. The number of aryl methyl sites for hydroxylation is 1. The molecule has 0 bridgehead atoms. The summed E-state index contributed by atoms with van der Waals surface area (Å²) in [6.45, 7) is 8.20. The van der Waals surface area contributed by atoms with Crippen LogP contribution in [0.15, 0.2) is 35.3 Å². The Morgan fingerprint density at radius 1 is 1.07 bits per heavy atom. The first-order chi connectivity index (χ1) is 13.3. The zero-order chi connectivity index (χ0) is 21.7. The first-order valence-electron chi connectivity index (χ1n) is 9.06. The third kappa shape index (κ3) is 3.81. The fraction of sp³-hybridized carbons (Fsp3) is 0.318. The summed E-state index contributed by atoms with van der Waals surface area (Å²) in [5, 5.41) is 0.128. The van der Waals surface area contributed by atoms with Crippen LogP contribution in [-0.2, 0) is 11.6 Å². The van der Waals surface area contributed by atoms with Crippen molar-refractivity contribution in [2.75, 3.05) is 0 Å². The Labute approximate surface area is 165 Å². The zero-order valence-electron chi connectivity index (χ0n) is 16.8. The predicted molar refractivity (Wildman–Crippen MR) is 106 cm³/mol. The molecule has 0 aliphatic carbocycles. The van der Waals surface area contributed by atoms with Crippen molar-refractivity contribution in [3.05, 3.63) is 63.1 Å². The second kappa shape index (κ2) is 6.83. The van der Waals surface area contributed by atoms with E-state index in [0.29, 0.717) is 11.1 Å². The van der Waals surface area contributed by atoms with E-state index in [9.17, 15) is 22.8 Å². The highest BCUT2D eigenvalue weighted by atomic mass is 19.4. The van der Waals surface area contributed by atoms with Gasteiger partial charge in [0.05, 0.1) is 16.5 Å². The topological polar surface area (TPSA) is 62.8 Å². The van der Waals surface area contributed by atoms with E-state index in [0.717, 1.165) is 6.07 Å². The molecule has 0 saturated heterocycles. The van der Waals surface area contributed by atoms with E-state index >= 15 is 0 Å². The van der Waals surface area contributed by atoms with E-state index in [1.54, 1.807) is 27.7 Å². The van der Waals surface area contributed by atoms with Crippen LogP contribution < -0.4 is 5.43 Å². The largest absolute Gasteiger partial charge is 0.416 e. The highest BCUT2D eigenvalue weighted by Gasteiger charge is 2.37. The van der Waals surface area contributed by atoms with Gasteiger partial charge in [-0.2, -0.15) is 13.2 Å². The molecule has 2 heterocycles. The molecule has 152 valence electrons. The molecule has 1 aromatic carbocycles. The standard InChI is InChI=1S/C22H21F3N2O2/c1-11-8-14(21(3,4)5)15(22(23,24)25)9-13(11)17-10-18(29)19-16(27-17)6-7-26-20(19)12(2)28/h6-10H,1-5H3,(H,27,29). The van der Waals surface area contributed by atoms with E-state index in [4.69, 9.17) is 0 Å². The van der Waals surface area contributed by atoms with E-state index in [-0.39, 0.29) is 33.7 Å². The van der Waals surface area contributed by atoms with Crippen molar-refractivity contribution >= 4 is 16.7 Å². The number of alkyl halides is 3. The molecule has 7 heteroatoms. The maximum Gasteiger partial charge on any atom is 0.416 e. The van der Waals surface area contributed by atoms with Crippen LogP contribution in [0, 0.1) is 6.92 Å². The lowest BCUT2D eigenvalue weighted by Crippen LogP contribution is -2.20. The average Bonchev–Trinajstić information content (AvgIpc) is 2.58. The SMILES string of the molecule is CC(=O)c1nccc2[nH]c(-c3cc(C(F)(F)F)c(C(C)(C)C)cc3C)cc(=O)c12. The number of benzene rings is 1. The second-order valence-corrected chi connectivity index (χ2v) is 8.15. The molecule has 1 N–H and O–H groups in total. The van der Waals surface area contributed by atoms with Gasteiger partial charge in [0.25, 0.3) is 0 Å². The van der Waals surface area contributed by atoms with E-state index < -0.39 is 22.6 Å². The normalized spacial score (nSPS) is 12.4. The Hall–Kier alpha value is -2.96. The number of hydrogen-bond acceptors (Lipinski definition) is 3. The third-order valence-corrected chi connectivity index (χ3v) is 4.84. The molecule has 0 radical (unpaired) electrons. The Bertz CT molecular complexity index is 1190. The van der Waals surface area contributed by atoms with Crippen molar-refractivity contribution < 1.29 is 18.0 Å². The van der Waals surface area contributed by atoms with E-state index in [2.05, 4.69) is 9.97 Å². The maximum absolute atomic E-state index is 13.8. The number of rotatable bonds is 2. The number of carbonyl (C=O) groups excluding carboxylic acids is 1. The zero-order valence-corrected chi connectivity index (χ0v) is 16.8. The minimum atomic E-state index is -4.53. The van der Waals surface area contributed by atoms with Gasteiger partial charge >= 0.3 is 6.18 Å². The average molecular weight is 402 g/mol. The van der Waals surface area contributed by atoms with Crippen molar-refractivity contribution in [2.24, 2.45) is 0 Å². The van der Waals surface area contributed by atoms with Gasteiger partial charge in [0.2, 0.25) is 0 Å². The molecule has 0 aliphatic heterocycles. The summed E-state index contributed by atoms with van der Waals surface area (Å²) in [6, 6.07) is 5.35. The van der Waals surface area contributed by atoms with Crippen LogP contribution in [0.1, 0.15) is 54.9 Å². The number of carbonyl (C=O) groups is 1. The number of pyridine rings is 2. The number of hydrogen-bond donors (Lipinski definition) is 1. The summed E-state index contributed by atoms with van der Waals surface area (Å²) in [5.41, 5.74) is -0.182. The van der Waals surface area contributed by atoms with Gasteiger partial charge in [0.1, 0.15) is 5.69 Å². The molecule has 0 unspecified atom stereocenters. The van der Waals surface area contributed by atoms with Crippen molar-refractivity contribution in [2.45, 2.75) is 46.2 Å². The van der Waals surface area contributed by atoms with Gasteiger partial charge in [-0.3, -0.25) is 14.6 Å². The number of Topliss-reactive ketones (excluding diaryl/α,β-unsaturated/α-hetero) is 1. The minimum absolute atomic E-state index is 0.0334. The van der Waals surface area contributed by atoms with Crippen molar-refractivity contribution in [1.82, 2.24) is 9.97 Å². The van der Waals surface area contributed by atoms with Gasteiger partial charge in [-0.25, -0.2) is 0 Å². The van der Waals surface area contributed by atoms with Crippen LogP contribution in [-0.4, -0.2) is 15.8 Å². The van der Waals surface area contributed by atoms with Gasteiger partial charge in [0.15, 0.2) is 11.2 Å². The third-order valence-electron chi connectivity index (χ3n) is 4.84. The number of nitrogens with zero attached hydrogens (tertiary/aromatic N) is 1. The maximum atomic E-state index is 13.8. The van der Waals surface area contributed by atoms with Crippen LogP contribution in [0.3, 0.4) is 0 Å². The Morgan fingerprint density at radius 2 is 1.72 bits per heavy atom. The van der Waals surface area contributed by atoms with Crippen molar-refractivity contribution in [3.8, 4) is 11.3 Å². The van der Waals surface area contributed by atoms with Crippen LogP contribution >= 0.6 is 0 Å². The molecule has 0 atom stereocenters. The number of ketones is 1. The lowest BCUT2D eigenvalue weighted by atomic mass is 9.81. The lowest BCUT2D eigenvalue weighted by molar-refractivity contribution is -0.138. The second-order valence-electron chi connectivity index (χ2n) is 8.15. The van der Waals surface area contributed by atoms with Crippen molar-refractivity contribution in [1.29, 1.82) is 0 Å². The van der Waals surface area contributed by atoms with Crippen LogP contribution in [0.2, 0.25) is 0 Å². The molecule has 0 fully saturated rings. The molecule has 0 aliphatic rings. The first kappa shape index (κ1) is 20.8. The van der Waals surface area contributed by atoms with Gasteiger partial charge in [-0.15, -0.1) is 0 Å². The Balaban J connectivity index is 2.33. The summed E-state index contributed by atoms with van der Waals surface area (Å²) >= 11 is 0. The lowest BCUT2D eigenvalue weighted by Gasteiger charge is -2.26. The summed E-state index contributed by atoms with van der Waals surface area (Å²) < 4.78 is 41.3. The highest BCUT2D eigenvalue weighted by molar-refractivity contribution is 6.04. The predicted octanol–water partition coefficient (Wildman–Crippen LogP) is 5.42. The van der Waals surface area contributed by atoms with Gasteiger partial charge < -0.3 is 4.98 Å². The molecular weight excluding hydrogens is 381 g/mol. The molecule has 0 spiro atoms. The van der Waals surface area contributed by atoms with Crippen LogP contribution in [0.4, 0.5) is 13.2 Å². The summed E-state index contributed by atoms with van der Waals surface area (Å²) in [4.78, 5) is 31.4. The Kier molecular flexibility index (Phi) is 4.89. The number of fused-ring (bicyclic) bond motifs is 1. The van der Waals surface area contributed by atoms with Crippen LogP contribution in [0.5, 0.6) is 0 Å². The molecule has 0 amide bonds. The molecule has 3 aromatic rings. The number of H-pyrrole nitrogens is 1. The molecule has 0 saturated carbocycles. The first-order valence-corrected chi connectivity index (χ1v) is 9.06. The fourth-order valence-corrected chi connectivity index (χ4v) is 3.46. The molecule has 3 rings (SSSR count). The van der Waals surface area contributed by atoms with Gasteiger partial charge in [0, 0.05) is 30.4 Å². The summed E-state index contributed by atoms with van der Waals surface area (Å²) in [6.07, 6.45) is -3.15. The summed E-state index contributed by atoms with van der Waals surface area (Å²) in [7, 11) is 0. The minimum Gasteiger partial charge on any atom is -0.354 e. The quantitative estimate of drug-likeness (QED) is 0.583. The summed E-state index contributed by atoms with van der Waals surface area (Å²) in [5.74, 6) is -0.362. The number of halogens is 3. The molecule has 29 heavy (non-hydrogen) atoms. The van der Waals surface area contributed by atoms with Crippen LogP contribution in [0.25, 0.3) is 22.2 Å². The highest BCUT2D eigenvalue weighted by Crippen LogP contribution is 2.40. The molecule has 4 nitrogen and oxygen atoms in total. The fourth-order valence-electron chi connectivity index (χ4n) is 3.46. The monoisotopic (exact) mass is 402 g/mol. The van der Waals surface area contributed by atoms with E-state index in [1.807, 2.05) is 0 Å². The Morgan fingerprint density at radius 3 is 2.28 bits per heavy atom. The van der Waals surface area contributed by atoms with Gasteiger partial charge in [-0.05, 0) is 35.6 Å². The van der Waals surface area contributed by atoms with E-state index in [1.165, 1.54) is 31.3 Å². The number of nitrogens with one attached hydrogen (secondary N) is 1. The number of aromatic amines is 1. The van der Waals surface area contributed by atoms with Gasteiger partial charge in [-0.1, -0.05) is 26.8 Å².